The van der Waals surface area contributed by atoms with E-state index in [4.69, 9.17) is 0 Å². The summed E-state index contributed by atoms with van der Waals surface area (Å²) in [5.74, 6) is -2.62. The predicted octanol–water partition coefficient (Wildman–Crippen LogP) is 3.42. The van der Waals surface area contributed by atoms with E-state index >= 15 is 0 Å². The minimum Gasteiger partial charge on any atom is -0.351 e. The Morgan fingerprint density at radius 3 is 2.58 bits per heavy atom. The fraction of sp³-hybridized carbons (Fsp3) is 0.500. The third-order valence-corrected chi connectivity index (χ3v) is 4.83. The van der Waals surface area contributed by atoms with Gasteiger partial charge in [0.15, 0.2) is 0 Å². The SMILES string of the molecule is C=CCN(C(=O)C(F)(F)F)[C@@H](C(=O)NC1CCCC1)c1cccs1. The molecule has 1 saturated carbocycles. The molecule has 1 atom stereocenters. The van der Waals surface area contributed by atoms with Crippen LogP contribution in [0.25, 0.3) is 0 Å². The van der Waals surface area contributed by atoms with Crippen molar-refractivity contribution >= 4 is 23.2 Å². The van der Waals surface area contributed by atoms with E-state index in [1.54, 1.807) is 17.5 Å². The van der Waals surface area contributed by atoms with E-state index in [0.717, 1.165) is 37.0 Å². The second-order valence-electron chi connectivity index (χ2n) is 5.65. The van der Waals surface area contributed by atoms with Crippen molar-refractivity contribution in [1.82, 2.24) is 10.2 Å². The lowest BCUT2D eigenvalue weighted by Gasteiger charge is -2.30. The largest absolute Gasteiger partial charge is 0.471 e. The number of amides is 2. The maximum absolute atomic E-state index is 12.9. The standard InChI is InChI=1S/C16H19F3N2O2S/c1-2-9-21(15(23)16(17,18)19)13(12-8-5-10-24-12)14(22)20-11-6-3-4-7-11/h2,5,8,10-11,13H,1,3-4,6-7,9H2,(H,20,22)/t13-/m1/s1. The van der Waals surface area contributed by atoms with Crippen LogP contribution in [0.15, 0.2) is 30.2 Å². The minimum absolute atomic E-state index is 0.0495. The van der Waals surface area contributed by atoms with E-state index < -0.39 is 24.0 Å². The summed E-state index contributed by atoms with van der Waals surface area (Å²) in [7, 11) is 0. The molecule has 8 heteroatoms. The number of hydrogen-bond donors (Lipinski definition) is 1. The summed E-state index contributed by atoms with van der Waals surface area (Å²) < 4.78 is 38.8. The topological polar surface area (TPSA) is 49.4 Å². The van der Waals surface area contributed by atoms with E-state index in [-0.39, 0.29) is 12.6 Å². The molecule has 0 saturated heterocycles. The molecule has 132 valence electrons. The van der Waals surface area contributed by atoms with Crippen molar-refractivity contribution in [3.05, 3.63) is 35.0 Å². The number of nitrogens with one attached hydrogen (secondary N) is 1. The molecule has 2 amide bonds. The first-order valence-corrected chi connectivity index (χ1v) is 8.55. The van der Waals surface area contributed by atoms with E-state index in [2.05, 4.69) is 11.9 Å². The Morgan fingerprint density at radius 2 is 2.08 bits per heavy atom. The first kappa shape index (κ1) is 18.5. The van der Waals surface area contributed by atoms with Crippen LogP contribution in [-0.2, 0) is 9.59 Å². The third kappa shape index (κ3) is 4.37. The molecule has 1 aliphatic carbocycles. The van der Waals surface area contributed by atoms with Crippen LogP contribution in [0.2, 0.25) is 0 Å². The molecule has 0 radical (unpaired) electrons. The Balaban J connectivity index is 2.30. The van der Waals surface area contributed by atoms with E-state index in [1.807, 2.05) is 0 Å². The number of halogens is 3. The zero-order valence-electron chi connectivity index (χ0n) is 13.0. The molecule has 1 fully saturated rings. The molecule has 24 heavy (non-hydrogen) atoms. The van der Waals surface area contributed by atoms with Gasteiger partial charge >= 0.3 is 12.1 Å². The van der Waals surface area contributed by atoms with Gasteiger partial charge in [0.05, 0.1) is 0 Å². The van der Waals surface area contributed by atoms with Crippen molar-refractivity contribution in [2.75, 3.05) is 6.54 Å². The summed E-state index contributed by atoms with van der Waals surface area (Å²) in [5.41, 5.74) is 0. The molecule has 4 nitrogen and oxygen atoms in total. The summed E-state index contributed by atoms with van der Waals surface area (Å²) in [6.07, 6.45) is -0.298. The highest BCUT2D eigenvalue weighted by Gasteiger charge is 2.46. The van der Waals surface area contributed by atoms with Gasteiger partial charge in [-0.15, -0.1) is 17.9 Å². The highest BCUT2D eigenvalue weighted by molar-refractivity contribution is 7.10. The molecular formula is C16H19F3N2O2S. The molecule has 1 aromatic heterocycles. The molecular weight excluding hydrogens is 341 g/mol. The van der Waals surface area contributed by atoms with Gasteiger partial charge in [-0.2, -0.15) is 13.2 Å². The summed E-state index contributed by atoms with van der Waals surface area (Å²) in [5, 5.41) is 4.45. The normalized spacial score (nSPS) is 16.6. The molecule has 1 aliphatic rings. The molecule has 0 spiro atoms. The molecule has 2 rings (SSSR count). The average molecular weight is 360 g/mol. The first-order chi connectivity index (χ1) is 11.3. The van der Waals surface area contributed by atoms with Gasteiger partial charge < -0.3 is 10.2 Å². The van der Waals surface area contributed by atoms with Crippen LogP contribution in [0.1, 0.15) is 36.6 Å². The van der Waals surface area contributed by atoms with E-state index in [1.165, 1.54) is 6.08 Å². The molecule has 1 N–H and O–H groups in total. The number of alkyl halides is 3. The van der Waals surface area contributed by atoms with Gasteiger partial charge in [-0.1, -0.05) is 25.0 Å². The average Bonchev–Trinajstić information content (AvgIpc) is 3.18. The zero-order chi connectivity index (χ0) is 17.7. The van der Waals surface area contributed by atoms with E-state index in [9.17, 15) is 22.8 Å². The molecule has 0 aromatic carbocycles. The maximum atomic E-state index is 12.9. The van der Waals surface area contributed by atoms with Crippen LogP contribution in [0.5, 0.6) is 0 Å². The second-order valence-corrected chi connectivity index (χ2v) is 6.63. The van der Waals surface area contributed by atoms with Crippen LogP contribution in [-0.4, -0.2) is 35.5 Å². The summed E-state index contributed by atoms with van der Waals surface area (Å²) in [4.78, 5) is 25.4. The summed E-state index contributed by atoms with van der Waals surface area (Å²) in [6.45, 7) is 3.04. The predicted molar refractivity (Wildman–Crippen MR) is 85.4 cm³/mol. The quantitative estimate of drug-likeness (QED) is 0.790. The molecule has 1 heterocycles. The first-order valence-electron chi connectivity index (χ1n) is 7.67. The van der Waals surface area contributed by atoms with Crippen molar-refractivity contribution in [3.63, 3.8) is 0 Å². The van der Waals surface area contributed by atoms with Crippen molar-refractivity contribution < 1.29 is 22.8 Å². The number of hydrogen-bond acceptors (Lipinski definition) is 3. The van der Waals surface area contributed by atoms with Crippen LogP contribution in [0.4, 0.5) is 13.2 Å². The van der Waals surface area contributed by atoms with Gasteiger partial charge in [-0.3, -0.25) is 9.59 Å². The molecule has 1 aromatic rings. The summed E-state index contributed by atoms with van der Waals surface area (Å²) >= 11 is 1.14. The zero-order valence-corrected chi connectivity index (χ0v) is 13.8. The van der Waals surface area contributed by atoms with E-state index in [0.29, 0.717) is 9.78 Å². The lowest BCUT2D eigenvalue weighted by Crippen LogP contribution is -2.49. The number of thiophene rings is 1. The highest BCUT2D eigenvalue weighted by Crippen LogP contribution is 2.30. The highest BCUT2D eigenvalue weighted by atomic mass is 32.1. The van der Waals surface area contributed by atoms with Crippen LogP contribution in [0, 0.1) is 0 Å². The Morgan fingerprint density at radius 1 is 1.42 bits per heavy atom. The fourth-order valence-corrected chi connectivity index (χ4v) is 3.66. The lowest BCUT2D eigenvalue weighted by atomic mass is 10.1. The maximum Gasteiger partial charge on any atom is 0.471 e. The Labute approximate surface area is 142 Å². The minimum atomic E-state index is -5.05. The van der Waals surface area contributed by atoms with Crippen LogP contribution in [0.3, 0.4) is 0 Å². The van der Waals surface area contributed by atoms with Crippen molar-refractivity contribution in [1.29, 1.82) is 0 Å². The Bertz CT molecular complexity index is 581. The lowest BCUT2D eigenvalue weighted by molar-refractivity contribution is -0.188. The Kier molecular flexibility index (Phi) is 6.04. The fourth-order valence-electron chi connectivity index (χ4n) is 2.83. The number of carbonyl (C=O) groups is 2. The molecule has 0 bridgehead atoms. The smallest absolute Gasteiger partial charge is 0.351 e. The molecule has 0 aliphatic heterocycles. The van der Waals surface area contributed by atoms with Crippen LogP contribution >= 0.6 is 11.3 Å². The van der Waals surface area contributed by atoms with Gasteiger partial charge in [-0.25, -0.2) is 0 Å². The third-order valence-electron chi connectivity index (χ3n) is 3.90. The Hall–Kier alpha value is -1.83. The number of carbonyl (C=O) groups excluding carboxylic acids is 2. The van der Waals surface area contributed by atoms with Gasteiger partial charge in [0, 0.05) is 17.5 Å². The number of nitrogens with zero attached hydrogens (tertiary/aromatic N) is 1. The monoisotopic (exact) mass is 360 g/mol. The van der Waals surface area contributed by atoms with Crippen molar-refractivity contribution in [2.45, 2.75) is 43.9 Å². The van der Waals surface area contributed by atoms with Gasteiger partial charge in [0.1, 0.15) is 6.04 Å². The second kappa shape index (κ2) is 7.83. The van der Waals surface area contributed by atoms with Crippen molar-refractivity contribution in [2.24, 2.45) is 0 Å². The van der Waals surface area contributed by atoms with Gasteiger partial charge in [-0.05, 0) is 24.3 Å². The molecule has 0 unspecified atom stereocenters. The summed E-state index contributed by atoms with van der Waals surface area (Å²) in [6, 6.07) is 1.84. The van der Waals surface area contributed by atoms with Gasteiger partial charge in [0.25, 0.3) is 0 Å². The van der Waals surface area contributed by atoms with Crippen molar-refractivity contribution in [3.8, 4) is 0 Å². The number of rotatable bonds is 6. The van der Waals surface area contributed by atoms with Crippen LogP contribution < -0.4 is 5.32 Å². The van der Waals surface area contributed by atoms with Gasteiger partial charge in [0.2, 0.25) is 5.91 Å².